The third kappa shape index (κ3) is 2.56. The van der Waals surface area contributed by atoms with Crippen LogP contribution in [0.4, 0.5) is 5.82 Å². The molecule has 0 bridgehead atoms. The van der Waals surface area contributed by atoms with E-state index in [1.54, 1.807) is 11.5 Å². The van der Waals surface area contributed by atoms with Crippen LogP contribution in [0.3, 0.4) is 0 Å². The first-order valence-electron chi connectivity index (χ1n) is 7.57. The molecule has 1 aliphatic heterocycles. The Hall–Kier alpha value is -2.77. The molecule has 3 rings (SSSR count). The normalized spacial score (nSPS) is 17.6. The molecule has 0 saturated carbocycles. The first-order valence-corrected chi connectivity index (χ1v) is 7.57. The fourth-order valence-electron chi connectivity index (χ4n) is 3.12. The summed E-state index contributed by atoms with van der Waals surface area (Å²) in [5, 5.41) is 9.63. The number of nitriles is 1. The van der Waals surface area contributed by atoms with Crippen LogP contribution in [0.25, 0.3) is 11.0 Å². The molecule has 1 fully saturated rings. The number of hydrogen-bond donors (Lipinski definition) is 2. The van der Waals surface area contributed by atoms with Crippen molar-refractivity contribution in [3.05, 3.63) is 22.2 Å². The number of nitrogens with zero attached hydrogens (tertiary/aromatic N) is 4. The van der Waals surface area contributed by atoms with E-state index in [1.807, 2.05) is 0 Å². The monoisotopic (exact) mass is 310 g/mol. The molecule has 118 valence electrons. The minimum atomic E-state index is -0.267. The fourth-order valence-corrected chi connectivity index (χ4v) is 3.12. The number of nitrogens with two attached hydrogens (primary N) is 1. The van der Waals surface area contributed by atoms with Crippen LogP contribution >= 0.6 is 0 Å². The molecule has 3 heterocycles. The van der Waals surface area contributed by atoms with Crippen LogP contribution in [0.15, 0.2) is 11.1 Å². The summed E-state index contributed by atoms with van der Waals surface area (Å²) in [4.78, 5) is 21.1. The van der Waals surface area contributed by atoms with Gasteiger partial charge in [0.1, 0.15) is 28.5 Å². The quantitative estimate of drug-likeness (QED) is 0.788. The molecule has 7 nitrogen and oxygen atoms in total. The third-order valence-electron chi connectivity index (χ3n) is 4.10. The van der Waals surface area contributed by atoms with Gasteiger partial charge in [-0.3, -0.25) is 4.79 Å². The molecule has 3 N–H and O–H groups in total. The molecule has 1 saturated heterocycles. The minimum absolute atomic E-state index is 0.0604. The Kier molecular flexibility index (Phi) is 4.05. The lowest BCUT2D eigenvalue weighted by atomic mass is 10.1. The smallest absolute Gasteiger partial charge is 0.275 e. The summed E-state index contributed by atoms with van der Waals surface area (Å²) in [5.74, 6) is 6.51. The lowest BCUT2D eigenvalue weighted by molar-refractivity contribution is 0.499. The Morgan fingerprint density at radius 3 is 3.09 bits per heavy atom. The van der Waals surface area contributed by atoms with Crippen LogP contribution in [-0.4, -0.2) is 33.7 Å². The standard InChI is InChI=1S/C16H18N6O/c1-2-3-7-22-14-13(19-10-20-15(14)23)12(8-17)16(22)21-6-4-5-11(18)9-21/h10-11H,4-7,9,18H2,1H3,(H,19,20,23)/t11-/m0/s1. The predicted molar refractivity (Wildman–Crippen MR) is 87.9 cm³/mol. The highest BCUT2D eigenvalue weighted by Crippen LogP contribution is 2.31. The van der Waals surface area contributed by atoms with E-state index in [2.05, 4.69) is 32.8 Å². The lowest BCUT2D eigenvalue weighted by Gasteiger charge is -2.33. The molecule has 0 spiro atoms. The van der Waals surface area contributed by atoms with E-state index in [0.717, 1.165) is 19.4 Å². The predicted octanol–water partition coefficient (Wildman–Crippen LogP) is 0.547. The number of piperidine rings is 1. The second-order valence-electron chi connectivity index (χ2n) is 5.60. The van der Waals surface area contributed by atoms with E-state index in [0.29, 0.717) is 35.5 Å². The van der Waals surface area contributed by atoms with Crippen LogP contribution in [0, 0.1) is 23.2 Å². The SMILES string of the molecule is CC#CCn1c(N2CCC[C@H](N)C2)c(C#N)c2nc[nH]c(=O)c21. The second kappa shape index (κ2) is 6.15. The molecule has 0 aromatic carbocycles. The van der Waals surface area contributed by atoms with Gasteiger partial charge in [-0.25, -0.2) is 4.98 Å². The number of H-pyrrole nitrogens is 1. The van der Waals surface area contributed by atoms with Crippen molar-refractivity contribution in [1.29, 1.82) is 5.26 Å². The van der Waals surface area contributed by atoms with Crippen LogP contribution in [0.2, 0.25) is 0 Å². The zero-order valence-corrected chi connectivity index (χ0v) is 13.0. The van der Waals surface area contributed by atoms with Gasteiger partial charge in [-0.15, -0.1) is 5.92 Å². The van der Waals surface area contributed by atoms with Gasteiger partial charge in [0.25, 0.3) is 5.56 Å². The van der Waals surface area contributed by atoms with Gasteiger partial charge < -0.3 is 20.2 Å². The van der Waals surface area contributed by atoms with Crippen molar-refractivity contribution in [3.63, 3.8) is 0 Å². The van der Waals surface area contributed by atoms with Gasteiger partial charge in [0.15, 0.2) is 0 Å². The van der Waals surface area contributed by atoms with Gasteiger partial charge in [0.2, 0.25) is 0 Å². The Morgan fingerprint density at radius 2 is 2.39 bits per heavy atom. The first-order chi connectivity index (χ1) is 11.2. The molecule has 23 heavy (non-hydrogen) atoms. The molecule has 0 unspecified atom stereocenters. The molecule has 1 atom stereocenters. The third-order valence-corrected chi connectivity index (χ3v) is 4.10. The van der Waals surface area contributed by atoms with Crippen LogP contribution in [0.1, 0.15) is 25.3 Å². The summed E-state index contributed by atoms with van der Waals surface area (Å²) in [7, 11) is 0. The van der Waals surface area contributed by atoms with E-state index >= 15 is 0 Å². The number of aromatic amines is 1. The molecular weight excluding hydrogens is 292 g/mol. The number of fused-ring (bicyclic) bond motifs is 1. The van der Waals surface area contributed by atoms with Gasteiger partial charge in [-0.05, 0) is 19.8 Å². The maximum atomic E-state index is 12.3. The first kappa shape index (κ1) is 15.1. The molecule has 0 amide bonds. The highest BCUT2D eigenvalue weighted by Gasteiger charge is 2.27. The number of rotatable bonds is 2. The van der Waals surface area contributed by atoms with Gasteiger partial charge in [-0.2, -0.15) is 5.26 Å². The number of nitrogens with one attached hydrogen (secondary N) is 1. The minimum Gasteiger partial charge on any atom is -0.355 e. The van der Waals surface area contributed by atoms with Crippen LogP contribution in [-0.2, 0) is 6.54 Å². The van der Waals surface area contributed by atoms with Crippen molar-refractivity contribution in [1.82, 2.24) is 14.5 Å². The Bertz CT molecular complexity index is 891. The Morgan fingerprint density at radius 1 is 1.57 bits per heavy atom. The van der Waals surface area contributed by atoms with E-state index in [-0.39, 0.29) is 11.6 Å². The van der Waals surface area contributed by atoms with Gasteiger partial charge in [0.05, 0.1) is 12.9 Å². The number of hydrogen-bond acceptors (Lipinski definition) is 5. The van der Waals surface area contributed by atoms with Crippen molar-refractivity contribution in [3.8, 4) is 17.9 Å². The Balaban J connectivity index is 2.29. The highest BCUT2D eigenvalue weighted by molar-refractivity contribution is 5.89. The van der Waals surface area contributed by atoms with E-state index in [1.165, 1.54) is 6.33 Å². The van der Waals surface area contributed by atoms with Crippen molar-refractivity contribution in [2.24, 2.45) is 5.73 Å². The van der Waals surface area contributed by atoms with Gasteiger partial charge in [-0.1, -0.05) is 5.92 Å². The molecular formula is C16H18N6O. The van der Waals surface area contributed by atoms with Crippen molar-refractivity contribution in [2.75, 3.05) is 18.0 Å². The average molecular weight is 310 g/mol. The topological polar surface area (TPSA) is 104 Å². The largest absolute Gasteiger partial charge is 0.355 e. The summed E-state index contributed by atoms with van der Waals surface area (Å²) in [6.07, 6.45) is 3.25. The summed E-state index contributed by atoms with van der Waals surface area (Å²) < 4.78 is 1.79. The van der Waals surface area contributed by atoms with Crippen LogP contribution < -0.4 is 16.2 Å². The molecule has 0 radical (unpaired) electrons. The molecule has 0 aliphatic carbocycles. The molecule has 1 aliphatic rings. The van der Waals surface area contributed by atoms with Crippen LogP contribution in [0.5, 0.6) is 0 Å². The average Bonchev–Trinajstić information content (AvgIpc) is 2.87. The van der Waals surface area contributed by atoms with E-state index < -0.39 is 0 Å². The highest BCUT2D eigenvalue weighted by atomic mass is 16.1. The number of aromatic nitrogens is 3. The summed E-state index contributed by atoms with van der Waals surface area (Å²) in [6, 6.07) is 2.27. The Labute approximate surface area is 133 Å². The zero-order chi connectivity index (χ0) is 16.4. The second-order valence-corrected chi connectivity index (χ2v) is 5.60. The lowest BCUT2D eigenvalue weighted by Crippen LogP contribution is -2.44. The molecule has 2 aromatic rings. The molecule has 2 aromatic heterocycles. The van der Waals surface area contributed by atoms with Crippen molar-refractivity contribution < 1.29 is 0 Å². The summed E-state index contributed by atoms with van der Waals surface area (Å²) >= 11 is 0. The molecule has 7 heteroatoms. The van der Waals surface area contributed by atoms with Gasteiger partial charge >= 0.3 is 0 Å². The summed E-state index contributed by atoms with van der Waals surface area (Å²) in [5.41, 5.74) is 7.04. The van der Waals surface area contributed by atoms with Crippen molar-refractivity contribution in [2.45, 2.75) is 32.4 Å². The zero-order valence-electron chi connectivity index (χ0n) is 13.0. The fraction of sp³-hybridized carbons (Fsp3) is 0.438. The van der Waals surface area contributed by atoms with Gasteiger partial charge in [0, 0.05) is 19.1 Å². The maximum absolute atomic E-state index is 12.3. The maximum Gasteiger partial charge on any atom is 0.275 e. The van der Waals surface area contributed by atoms with Crippen molar-refractivity contribution >= 4 is 16.9 Å². The summed E-state index contributed by atoms with van der Waals surface area (Å²) in [6.45, 7) is 3.54. The number of anilines is 1. The van der Waals surface area contributed by atoms with E-state index in [4.69, 9.17) is 5.73 Å². The van der Waals surface area contributed by atoms with E-state index in [9.17, 15) is 10.1 Å².